The number of fused-ring (bicyclic) bond motifs is 1. The fourth-order valence-corrected chi connectivity index (χ4v) is 4.76. The number of hydrogen-bond acceptors (Lipinski definition) is 2. The van der Waals surface area contributed by atoms with Crippen LogP contribution >= 0.6 is 0 Å². The van der Waals surface area contributed by atoms with Crippen LogP contribution in [0.2, 0.25) is 0 Å². The van der Waals surface area contributed by atoms with E-state index in [1.54, 1.807) is 0 Å². The van der Waals surface area contributed by atoms with Gasteiger partial charge in [0, 0.05) is 6.04 Å². The summed E-state index contributed by atoms with van der Waals surface area (Å²) in [5.41, 5.74) is 3.33. The Morgan fingerprint density at radius 1 is 0.769 bits per heavy atom. The highest BCUT2D eigenvalue weighted by Crippen LogP contribution is 2.48. The van der Waals surface area contributed by atoms with Crippen molar-refractivity contribution >= 4 is 12.5 Å². The van der Waals surface area contributed by atoms with Gasteiger partial charge in [0.15, 0.2) is 0 Å². The molecule has 1 atom stereocenters. The molecule has 0 spiro atoms. The first-order chi connectivity index (χ1) is 12.9. The molecule has 128 valence electrons. The van der Waals surface area contributed by atoms with Gasteiger partial charge in [-0.2, -0.15) is 0 Å². The van der Waals surface area contributed by atoms with Crippen LogP contribution in [-0.4, -0.2) is 24.4 Å². The summed E-state index contributed by atoms with van der Waals surface area (Å²) in [6.45, 7) is 1.09. The zero-order valence-corrected chi connectivity index (χ0v) is 14.8. The molecule has 26 heavy (non-hydrogen) atoms. The molecular formula is C23H22BNO. The van der Waals surface area contributed by atoms with Gasteiger partial charge in [-0.15, -0.1) is 0 Å². The van der Waals surface area contributed by atoms with E-state index >= 15 is 0 Å². The van der Waals surface area contributed by atoms with Crippen LogP contribution < -0.4 is 5.46 Å². The van der Waals surface area contributed by atoms with Crippen molar-refractivity contribution in [2.24, 2.45) is 0 Å². The summed E-state index contributed by atoms with van der Waals surface area (Å²) in [6.07, 6.45) is 2.38. The Kier molecular flexibility index (Phi) is 3.92. The van der Waals surface area contributed by atoms with E-state index in [4.69, 9.17) is 4.65 Å². The van der Waals surface area contributed by atoms with Gasteiger partial charge in [0.05, 0.1) is 0 Å². The molecule has 0 unspecified atom stereocenters. The first-order valence-corrected chi connectivity index (χ1v) is 9.49. The SMILES string of the molecule is c1ccc(B2OC(c3ccccc3)(c3ccccc3)[C@@H]3CCCN23)cc1. The van der Waals surface area contributed by atoms with Crippen molar-refractivity contribution in [2.45, 2.75) is 24.5 Å². The van der Waals surface area contributed by atoms with E-state index in [1.165, 1.54) is 23.0 Å². The lowest BCUT2D eigenvalue weighted by molar-refractivity contribution is 0.106. The minimum absolute atomic E-state index is 0.00381. The predicted octanol–water partition coefficient (Wildman–Crippen LogP) is 3.82. The minimum Gasteiger partial charge on any atom is -0.402 e. The summed E-state index contributed by atoms with van der Waals surface area (Å²) in [5.74, 6) is 0. The van der Waals surface area contributed by atoms with Crippen molar-refractivity contribution in [3.8, 4) is 0 Å². The highest BCUT2D eigenvalue weighted by Gasteiger charge is 2.58. The van der Waals surface area contributed by atoms with Crippen LogP contribution in [0.1, 0.15) is 24.0 Å². The van der Waals surface area contributed by atoms with E-state index in [1.807, 2.05) is 0 Å². The Hall–Kier alpha value is -2.36. The molecule has 3 heteroatoms. The van der Waals surface area contributed by atoms with Crippen LogP contribution in [0, 0.1) is 0 Å². The van der Waals surface area contributed by atoms with E-state index < -0.39 is 5.60 Å². The van der Waals surface area contributed by atoms with Gasteiger partial charge in [0.25, 0.3) is 0 Å². The molecule has 0 aliphatic carbocycles. The molecule has 0 saturated carbocycles. The molecule has 2 saturated heterocycles. The Morgan fingerprint density at radius 3 is 1.88 bits per heavy atom. The quantitative estimate of drug-likeness (QED) is 0.673. The molecule has 2 aliphatic rings. The van der Waals surface area contributed by atoms with Gasteiger partial charge >= 0.3 is 7.05 Å². The second-order valence-corrected chi connectivity index (χ2v) is 7.24. The van der Waals surface area contributed by atoms with Gasteiger partial charge in [-0.05, 0) is 36.0 Å². The molecule has 0 aromatic heterocycles. The van der Waals surface area contributed by atoms with Gasteiger partial charge in [-0.3, -0.25) is 0 Å². The Morgan fingerprint density at radius 2 is 1.31 bits per heavy atom. The third-order valence-corrected chi connectivity index (χ3v) is 5.85. The molecule has 0 N–H and O–H groups in total. The fourth-order valence-electron chi connectivity index (χ4n) is 4.76. The molecular weight excluding hydrogens is 317 g/mol. The summed E-state index contributed by atoms with van der Waals surface area (Å²) in [7, 11) is 0.00381. The van der Waals surface area contributed by atoms with Gasteiger partial charge < -0.3 is 9.47 Å². The van der Waals surface area contributed by atoms with Crippen molar-refractivity contribution in [2.75, 3.05) is 6.54 Å². The fraction of sp³-hybridized carbons (Fsp3) is 0.217. The van der Waals surface area contributed by atoms with Crippen LogP contribution in [-0.2, 0) is 10.3 Å². The first-order valence-electron chi connectivity index (χ1n) is 9.49. The standard InChI is InChI=1S/C23H22BNO/c1-4-11-19(12-5-1)23(20-13-6-2-7-14-20)22-17-10-18-25(22)24(26-23)21-15-8-3-9-16-21/h1-9,11-16,22H,10,17-18H2/t22-/m0/s1. The summed E-state index contributed by atoms with van der Waals surface area (Å²) in [5, 5.41) is 0. The number of benzene rings is 3. The number of hydrogen-bond donors (Lipinski definition) is 0. The molecule has 5 rings (SSSR count). The average Bonchev–Trinajstić information content (AvgIpc) is 3.32. The smallest absolute Gasteiger partial charge is 0.402 e. The summed E-state index contributed by atoms with van der Waals surface area (Å²) >= 11 is 0. The third kappa shape index (κ3) is 2.35. The van der Waals surface area contributed by atoms with Crippen molar-refractivity contribution in [1.29, 1.82) is 0 Å². The summed E-state index contributed by atoms with van der Waals surface area (Å²) < 4.78 is 7.00. The molecule has 2 nitrogen and oxygen atoms in total. The van der Waals surface area contributed by atoms with Gasteiger partial charge in [0.2, 0.25) is 0 Å². The Labute approximate surface area is 155 Å². The van der Waals surface area contributed by atoms with Crippen LogP contribution in [0.15, 0.2) is 91.0 Å². The van der Waals surface area contributed by atoms with Crippen molar-refractivity contribution in [3.05, 3.63) is 102 Å². The topological polar surface area (TPSA) is 12.5 Å². The van der Waals surface area contributed by atoms with Crippen molar-refractivity contribution < 1.29 is 4.65 Å². The van der Waals surface area contributed by atoms with E-state index in [0.29, 0.717) is 6.04 Å². The van der Waals surface area contributed by atoms with Crippen molar-refractivity contribution in [3.63, 3.8) is 0 Å². The maximum absolute atomic E-state index is 7.00. The van der Waals surface area contributed by atoms with E-state index in [0.717, 1.165) is 13.0 Å². The van der Waals surface area contributed by atoms with Crippen LogP contribution in [0.4, 0.5) is 0 Å². The molecule has 3 aromatic carbocycles. The van der Waals surface area contributed by atoms with E-state index in [9.17, 15) is 0 Å². The average molecular weight is 339 g/mol. The van der Waals surface area contributed by atoms with Crippen LogP contribution in [0.3, 0.4) is 0 Å². The van der Waals surface area contributed by atoms with E-state index in [2.05, 4.69) is 95.8 Å². The lowest BCUT2D eigenvalue weighted by Gasteiger charge is -2.36. The minimum atomic E-state index is -0.417. The second-order valence-electron chi connectivity index (χ2n) is 7.24. The normalized spacial score (nSPS) is 21.7. The molecule has 3 aromatic rings. The zero-order chi connectivity index (χ0) is 17.4. The van der Waals surface area contributed by atoms with E-state index in [-0.39, 0.29) is 7.05 Å². The molecule has 2 fully saturated rings. The monoisotopic (exact) mass is 339 g/mol. The predicted molar refractivity (Wildman–Crippen MR) is 106 cm³/mol. The number of nitrogens with zero attached hydrogens (tertiary/aromatic N) is 1. The molecule has 2 heterocycles. The van der Waals surface area contributed by atoms with Gasteiger partial charge in [0.1, 0.15) is 5.60 Å². The molecule has 0 amide bonds. The third-order valence-electron chi connectivity index (χ3n) is 5.85. The van der Waals surface area contributed by atoms with Crippen LogP contribution in [0.5, 0.6) is 0 Å². The lowest BCUT2D eigenvalue weighted by atomic mass is 9.72. The number of rotatable bonds is 3. The Balaban J connectivity index is 1.70. The molecule has 0 bridgehead atoms. The highest BCUT2D eigenvalue weighted by atomic mass is 16.5. The first kappa shape index (κ1) is 15.9. The molecule has 0 radical (unpaired) electrons. The zero-order valence-electron chi connectivity index (χ0n) is 14.8. The van der Waals surface area contributed by atoms with Gasteiger partial charge in [-0.1, -0.05) is 91.0 Å². The maximum Gasteiger partial charge on any atom is 0.419 e. The molecule has 2 aliphatic heterocycles. The van der Waals surface area contributed by atoms with Crippen molar-refractivity contribution in [1.82, 2.24) is 4.81 Å². The second kappa shape index (κ2) is 6.42. The highest BCUT2D eigenvalue weighted by molar-refractivity contribution is 6.65. The van der Waals surface area contributed by atoms with Gasteiger partial charge in [-0.25, -0.2) is 0 Å². The largest absolute Gasteiger partial charge is 0.419 e. The maximum atomic E-state index is 7.00. The summed E-state index contributed by atoms with van der Waals surface area (Å²) in [6, 6.07) is 32.5. The summed E-state index contributed by atoms with van der Waals surface area (Å²) in [4.78, 5) is 2.56. The van der Waals surface area contributed by atoms with Crippen LogP contribution in [0.25, 0.3) is 0 Å². The lowest BCUT2D eigenvalue weighted by Crippen LogP contribution is -2.45. The Bertz CT molecular complexity index is 829.